The molecule has 2 aliphatic rings. The molecule has 0 radical (unpaired) electrons. The van der Waals surface area contributed by atoms with E-state index in [1.807, 2.05) is 0 Å². The van der Waals surface area contributed by atoms with Crippen LogP contribution in [0.25, 0.3) is 5.57 Å². The quantitative estimate of drug-likeness (QED) is 0.650. The SMILES string of the molecule is C/C(=C1/C[C@@H]2C=CC=C[C@H]1C2)c1ccccc1. The molecule has 0 saturated heterocycles. The Balaban J connectivity index is 1.99. The molecule has 1 aromatic carbocycles. The summed E-state index contributed by atoms with van der Waals surface area (Å²) in [5.41, 5.74) is 4.51. The largest absolute Gasteiger partial charge is 0.0811 e. The molecular weight excluding hydrogens is 204 g/mol. The fraction of sp³-hybridized carbons (Fsp3) is 0.294. The third kappa shape index (κ3) is 2.00. The maximum Gasteiger partial charge on any atom is -0.000830 e. The Kier molecular flexibility index (Phi) is 2.72. The van der Waals surface area contributed by atoms with Crippen LogP contribution in [0.15, 0.2) is 60.2 Å². The molecule has 0 heteroatoms. The molecule has 0 aliphatic heterocycles. The summed E-state index contributed by atoms with van der Waals surface area (Å²) in [7, 11) is 0. The van der Waals surface area contributed by atoms with Gasteiger partial charge in [-0.05, 0) is 42.7 Å². The van der Waals surface area contributed by atoms with Gasteiger partial charge in [0.05, 0.1) is 0 Å². The summed E-state index contributed by atoms with van der Waals surface area (Å²) < 4.78 is 0. The number of rotatable bonds is 1. The Bertz CT molecular complexity index is 488. The molecule has 86 valence electrons. The van der Waals surface area contributed by atoms with E-state index in [9.17, 15) is 0 Å². The molecule has 0 aromatic heterocycles. The van der Waals surface area contributed by atoms with E-state index in [1.165, 1.54) is 24.0 Å². The molecule has 0 unspecified atom stereocenters. The van der Waals surface area contributed by atoms with E-state index in [1.54, 1.807) is 5.57 Å². The van der Waals surface area contributed by atoms with Gasteiger partial charge in [-0.25, -0.2) is 0 Å². The van der Waals surface area contributed by atoms with Crippen molar-refractivity contribution in [3.05, 3.63) is 65.8 Å². The molecule has 0 N–H and O–H groups in total. The second kappa shape index (κ2) is 4.37. The molecular formula is C17H18. The van der Waals surface area contributed by atoms with Crippen LogP contribution in [0.3, 0.4) is 0 Å². The number of hydrogen-bond acceptors (Lipinski definition) is 0. The summed E-state index contributed by atoms with van der Waals surface area (Å²) in [6, 6.07) is 10.8. The number of allylic oxidation sites excluding steroid dienone is 6. The highest BCUT2D eigenvalue weighted by Gasteiger charge is 2.28. The minimum absolute atomic E-state index is 0.662. The minimum Gasteiger partial charge on any atom is -0.0811 e. The van der Waals surface area contributed by atoms with Gasteiger partial charge in [0, 0.05) is 0 Å². The van der Waals surface area contributed by atoms with Crippen molar-refractivity contribution in [1.29, 1.82) is 0 Å². The van der Waals surface area contributed by atoms with Crippen molar-refractivity contribution < 1.29 is 0 Å². The first-order valence-corrected chi connectivity index (χ1v) is 6.44. The lowest BCUT2D eigenvalue weighted by molar-refractivity contribution is 0.651. The average Bonchev–Trinajstić information content (AvgIpc) is 2.61. The molecule has 0 amide bonds. The van der Waals surface area contributed by atoms with Crippen LogP contribution in [0.1, 0.15) is 25.3 Å². The zero-order valence-corrected chi connectivity index (χ0v) is 10.3. The van der Waals surface area contributed by atoms with Crippen LogP contribution in [0.5, 0.6) is 0 Å². The minimum atomic E-state index is 0.662. The first-order chi connectivity index (χ1) is 8.34. The topological polar surface area (TPSA) is 0 Å². The van der Waals surface area contributed by atoms with Gasteiger partial charge in [0.1, 0.15) is 0 Å². The number of benzene rings is 1. The fourth-order valence-corrected chi connectivity index (χ4v) is 3.05. The zero-order chi connectivity index (χ0) is 11.7. The standard InChI is InChI=1S/C17H18/c1-13(15-8-3-2-4-9-15)17-12-14-7-5-6-10-16(17)11-14/h2-10,14,16H,11-12H2,1H3/b17-13+/t14-,16+/m1/s1. The molecule has 0 spiro atoms. The Morgan fingerprint density at radius 1 is 1.06 bits per heavy atom. The van der Waals surface area contributed by atoms with Gasteiger partial charge in [-0.15, -0.1) is 0 Å². The lowest BCUT2D eigenvalue weighted by atomic mass is 9.93. The molecule has 1 saturated carbocycles. The molecule has 1 fully saturated rings. The third-order valence-electron chi connectivity index (χ3n) is 4.01. The Hall–Kier alpha value is -1.56. The first kappa shape index (κ1) is 10.6. The molecule has 3 rings (SSSR count). The first-order valence-electron chi connectivity index (χ1n) is 6.44. The van der Waals surface area contributed by atoms with Crippen LogP contribution in [0.4, 0.5) is 0 Å². The smallest absolute Gasteiger partial charge is 0.000830 e. The van der Waals surface area contributed by atoms with Crippen molar-refractivity contribution >= 4 is 5.57 Å². The van der Waals surface area contributed by atoms with E-state index in [2.05, 4.69) is 61.6 Å². The Morgan fingerprint density at radius 3 is 2.65 bits per heavy atom. The predicted octanol–water partition coefficient (Wildman–Crippen LogP) is 4.61. The third-order valence-corrected chi connectivity index (χ3v) is 4.01. The van der Waals surface area contributed by atoms with Gasteiger partial charge < -0.3 is 0 Å². The normalized spacial score (nSPS) is 29.2. The summed E-state index contributed by atoms with van der Waals surface area (Å²) in [5.74, 6) is 1.42. The molecule has 0 nitrogen and oxygen atoms in total. The van der Waals surface area contributed by atoms with Gasteiger partial charge in [-0.2, -0.15) is 0 Å². The predicted molar refractivity (Wildman–Crippen MR) is 73.5 cm³/mol. The van der Waals surface area contributed by atoms with Crippen molar-refractivity contribution in [2.24, 2.45) is 11.8 Å². The van der Waals surface area contributed by atoms with Gasteiger partial charge in [0.25, 0.3) is 0 Å². The van der Waals surface area contributed by atoms with Gasteiger partial charge in [-0.3, -0.25) is 0 Å². The van der Waals surface area contributed by atoms with E-state index in [4.69, 9.17) is 0 Å². The summed E-state index contributed by atoms with van der Waals surface area (Å²) in [4.78, 5) is 0. The molecule has 2 bridgehead atoms. The van der Waals surface area contributed by atoms with Gasteiger partial charge in [0.15, 0.2) is 0 Å². The van der Waals surface area contributed by atoms with Crippen LogP contribution in [-0.2, 0) is 0 Å². The lowest BCUT2D eigenvalue weighted by Gasteiger charge is -2.12. The number of fused-ring (bicyclic) bond motifs is 2. The summed E-state index contributed by atoms with van der Waals surface area (Å²) >= 11 is 0. The second-order valence-electron chi connectivity index (χ2n) is 5.09. The lowest BCUT2D eigenvalue weighted by Crippen LogP contribution is -1.95. The Morgan fingerprint density at radius 2 is 1.82 bits per heavy atom. The average molecular weight is 222 g/mol. The molecule has 2 aliphatic carbocycles. The molecule has 2 atom stereocenters. The summed E-state index contributed by atoms with van der Waals surface area (Å²) in [5, 5.41) is 0. The van der Waals surface area contributed by atoms with Crippen molar-refractivity contribution in [1.82, 2.24) is 0 Å². The van der Waals surface area contributed by atoms with Crippen molar-refractivity contribution in [2.75, 3.05) is 0 Å². The van der Waals surface area contributed by atoms with E-state index in [-0.39, 0.29) is 0 Å². The van der Waals surface area contributed by atoms with E-state index >= 15 is 0 Å². The highest BCUT2D eigenvalue weighted by Crippen LogP contribution is 2.42. The van der Waals surface area contributed by atoms with Gasteiger partial charge in [0.2, 0.25) is 0 Å². The van der Waals surface area contributed by atoms with Gasteiger partial charge >= 0.3 is 0 Å². The van der Waals surface area contributed by atoms with Crippen LogP contribution >= 0.6 is 0 Å². The van der Waals surface area contributed by atoms with Crippen LogP contribution in [0.2, 0.25) is 0 Å². The van der Waals surface area contributed by atoms with Gasteiger partial charge in [-0.1, -0.05) is 60.2 Å². The zero-order valence-electron chi connectivity index (χ0n) is 10.3. The van der Waals surface area contributed by atoms with E-state index in [0.29, 0.717) is 5.92 Å². The number of hydrogen-bond donors (Lipinski definition) is 0. The van der Waals surface area contributed by atoms with Crippen molar-refractivity contribution in [3.63, 3.8) is 0 Å². The summed E-state index contributed by atoms with van der Waals surface area (Å²) in [6.07, 6.45) is 11.7. The highest BCUT2D eigenvalue weighted by atomic mass is 14.3. The van der Waals surface area contributed by atoms with E-state index < -0.39 is 0 Å². The highest BCUT2D eigenvalue weighted by molar-refractivity contribution is 5.68. The molecule has 17 heavy (non-hydrogen) atoms. The van der Waals surface area contributed by atoms with Crippen molar-refractivity contribution in [3.8, 4) is 0 Å². The fourth-order valence-electron chi connectivity index (χ4n) is 3.05. The van der Waals surface area contributed by atoms with Crippen LogP contribution in [0, 0.1) is 11.8 Å². The van der Waals surface area contributed by atoms with Crippen LogP contribution in [-0.4, -0.2) is 0 Å². The Labute approximate surface area is 103 Å². The molecule has 1 aromatic rings. The second-order valence-corrected chi connectivity index (χ2v) is 5.09. The molecule has 0 heterocycles. The summed E-state index contributed by atoms with van der Waals surface area (Å²) in [6.45, 7) is 2.28. The van der Waals surface area contributed by atoms with Crippen molar-refractivity contribution in [2.45, 2.75) is 19.8 Å². The maximum atomic E-state index is 2.37. The van der Waals surface area contributed by atoms with Crippen LogP contribution < -0.4 is 0 Å². The van der Waals surface area contributed by atoms with E-state index in [0.717, 1.165) is 5.92 Å². The maximum absolute atomic E-state index is 2.37. The monoisotopic (exact) mass is 222 g/mol.